The largest absolute Gasteiger partial charge is 0.350 e. The van der Waals surface area contributed by atoms with E-state index in [0.29, 0.717) is 0 Å². The first-order valence-electron chi connectivity index (χ1n) is 10.3. The van der Waals surface area contributed by atoms with Crippen LogP contribution in [0.1, 0.15) is 57.7 Å². The lowest BCUT2D eigenvalue weighted by Crippen LogP contribution is -2.54. The van der Waals surface area contributed by atoms with Crippen LogP contribution in [0, 0.1) is 0 Å². The number of aryl methyl sites for hydroxylation is 1. The van der Waals surface area contributed by atoms with Crippen molar-refractivity contribution in [2.75, 3.05) is 11.4 Å². The fourth-order valence-electron chi connectivity index (χ4n) is 4.19. The quantitative estimate of drug-likeness (QED) is 0.886. The van der Waals surface area contributed by atoms with E-state index in [9.17, 15) is 4.79 Å². The highest BCUT2D eigenvalue weighted by atomic mass is 16.2. The van der Waals surface area contributed by atoms with Gasteiger partial charge in [0.2, 0.25) is 5.91 Å². The van der Waals surface area contributed by atoms with Crippen molar-refractivity contribution in [1.82, 2.24) is 20.3 Å². The van der Waals surface area contributed by atoms with Crippen molar-refractivity contribution in [2.24, 2.45) is 0 Å². The molecule has 0 radical (unpaired) electrons. The summed E-state index contributed by atoms with van der Waals surface area (Å²) in [6.07, 6.45) is 9.64. The van der Waals surface area contributed by atoms with Gasteiger partial charge in [-0.25, -0.2) is 9.97 Å². The number of carbonyl (C=O) groups excluding carboxylic acids is 1. The summed E-state index contributed by atoms with van der Waals surface area (Å²) in [5.41, 5.74) is 3.10. The zero-order valence-corrected chi connectivity index (χ0v) is 17.0. The number of fused-ring (bicyclic) bond motifs is 1. The lowest BCUT2D eigenvalue weighted by molar-refractivity contribution is -0.124. The maximum atomic E-state index is 13.0. The molecule has 0 bridgehead atoms. The number of piperidine rings is 1. The molecule has 6 heteroatoms. The van der Waals surface area contributed by atoms with E-state index in [1.807, 2.05) is 32.9 Å². The molecule has 2 aromatic heterocycles. The van der Waals surface area contributed by atoms with Gasteiger partial charge in [-0.1, -0.05) is 0 Å². The maximum absolute atomic E-state index is 13.0. The van der Waals surface area contributed by atoms with Gasteiger partial charge in [0, 0.05) is 41.3 Å². The minimum absolute atomic E-state index is 0.100. The number of aromatic nitrogens is 3. The van der Waals surface area contributed by atoms with E-state index in [2.05, 4.69) is 15.2 Å². The second-order valence-electron chi connectivity index (χ2n) is 8.83. The molecule has 0 saturated carbocycles. The summed E-state index contributed by atoms with van der Waals surface area (Å²) in [7, 11) is 0. The van der Waals surface area contributed by atoms with Crippen molar-refractivity contribution < 1.29 is 4.79 Å². The number of anilines is 1. The van der Waals surface area contributed by atoms with Crippen LogP contribution in [0.2, 0.25) is 0 Å². The van der Waals surface area contributed by atoms with Crippen LogP contribution in [0.15, 0.2) is 24.5 Å². The highest BCUT2D eigenvalue weighted by Gasteiger charge is 2.34. The molecule has 6 nitrogen and oxygen atoms in total. The molecule has 1 fully saturated rings. The zero-order valence-electron chi connectivity index (χ0n) is 17.0. The standard InChI is InChI=1S/C22H29N5O/c1-22(2,3)26-21(28)18-9-4-5-14-27(18)20-16-7-6-8-17(16)24-19(25-20)15-10-12-23-13-11-15/h10-13,18H,4-9,14H2,1-3H3,(H,26,28). The molecule has 0 spiro atoms. The number of carbonyl (C=O) groups is 1. The van der Waals surface area contributed by atoms with Crippen LogP contribution in [0.4, 0.5) is 5.82 Å². The number of rotatable bonds is 3. The van der Waals surface area contributed by atoms with Gasteiger partial charge in [0.1, 0.15) is 11.9 Å². The van der Waals surface area contributed by atoms with E-state index in [1.165, 1.54) is 5.56 Å². The molecular weight excluding hydrogens is 350 g/mol. The van der Waals surface area contributed by atoms with Gasteiger partial charge in [-0.15, -0.1) is 0 Å². The van der Waals surface area contributed by atoms with E-state index in [-0.39, 0.29) is 17.5 Å². The number of nitrogens with one attached hydrogen (secondary N) is 1. The first kappa shape index (κ1) is 18.8. The monoisotopic (exact) mass is 379 g/mol. The Hall–Kier alpha value is -2.50. The number of hydrogen-bond donors (Lipinski definition) is 1. The Bertz CT molecular complexity index is 859. The molecule has 1 unspecified atom stereocenters. The van der Waals surface area contributed by atoms with Crippen molar-refractivity contribution in [3.8, 4) is 11.4 Å². The first-order valence-corrected chi connectivity index (χ1v) is 10.3. The molecule has 1 aliphatic heterocycles. The van der Waals surface area contributed by atoms with Crippen LogP contribution in [0.25, 0.3) is 11.4 Å². The topological polar surface area (TPSA) is 71.0 Å². The lowest BCUT2D eigenvalue weighted by Gasteiger charge is -2.38. The van der Waals surface area contributed by atoms with Gasteiger partial charge < -0.3 is 10.2 Å². The number of nitrogens with zero attached hydrogens (tertiary/aromatic N) is 4. The molecule has 0 aromatic carbocycles. The Morgan fingerprint density at radius 1 is 1.11 bits per heavy atom. The number of pyridine rings is 1. The van der Waals surface area contributed by atoms with Gasteiger partial charge in [-0.2, -0.15) is 0 Å². The van der Waals surface area contributed by atoms with Crippen molar-refractivity contribution in [1.29, 1.82) is 0 Å². The van der Waals surface area contributed by atoms with Crippen molar-refractivity contribution >= 4 is 11.7 Å². The highest BCUT2D eigenvalue weighted by Crippen LogP contribution is 2.34. The zero-order chi connectivity index (χ0) is 19.7. The Labute approximate surface area is 166 Å². The van der Waals surface area contributed by atoms with Crippen LogP contribution in [-0.2, 0) is 17.6 Å². The molecule has 2 aromatic rings. The van der Waals surface area contributed by atoms with Gasteiger partial charge in [0.15, 0.2) is 5.82 Å². The Morgan fingerprint density at radius 3 is 2.64 bits per heavy atom. The van der Waals surface area contributed by atoms with Crippen LogP contribution >= 0.6 is 0 Å². The molecular formula is C22H29N5O. The third kappa shape index (κ3) is 3.86. The normalized spacial score (nSPS) is 19.4. The Morgan fingerprint density at radius 2 is 1.89 bits per heavy atom. The van der Waals surface area contributed by atoms with E-state index < -0.39 is 0 Å². The van der Waals surface area contributed by atoms with Crippen LogP contribution in [0.5, 0.6) is 0 Å². The number of amides is 1. The third-order valence-electron chi connectivity index (χ3n) is 5.43. The predicted octanol–water partition coefficient (Wildman–Crippen LogP) is 3.30. The summed E-state index contributed by atoms with van der Waals surface area (Å²) in [6, 6.07) is 3.72. The summed E-state index contributed by atoms with van der Waals surface area (Å²) < 4.78 is 0. The second kappa shape index (κ2) is 7.49. The molecule has 3 heterocycles. The third-order valence-corrected chi connectivity index (χ3v) is 5.43. The van der Waals surface area contributed by atoms with E-state index >= 15 is 0 Å². The molecule has 1 amide bonds. The average Bonchev–Trinajstić information content (AvgIpc) is 3.15. The van der Waals surface area contributed by atoms with Crippen LogP contribution < -0.4 is 10.2 Å². The molecule has 1 atom stereocenters. The Balaban J connectivity index is 1.74. The van der Waals surface area contributed by atoms with Crippen molar-refractivity contribution in [3.63, 3.8) is 0 Å². The lowest BCUT2D eigenvalue weighted by atomic mass is 9.98. The summed E-state index contributed by atoms with van der Waals surface area (Å²) in [6.45, 7) is 6.95. The summed E-state index contributed by atoms with van der Waals surface area (Å²) in [5.74, 6) is 1.80. The second-order valence-corrected chi connectivity index (χ2v) is 8.83. The molecule has 28 heavy (non-hydrogen) atoms. The minimum Gasteiger partial charge on any atom is -0.350 e. The van der Waals surface area contributed by atoms with Gasteiger partial charge in [-0.3, -0.25) is 9.78 Å². The SMILES string of the molecule is CC(C)(C)NC(=O)C1CCCCN1c1nc(-c2ccncc2)nc2c1CCC2. The smallest absolute Gasteiger partial charge is 0.243 e. The summed E-state index contributed by atoms with van der Waals surface area (Å²) in [4.78, 5) is 29.2. The van der Waals surface area contributed by atoms with E-state index in [4.69, 9.17) is 9.97 Å². The van der Waals surface area contributed by atoms with Gasteiger partial charge in [0.25, 0.3) is 0 Å². The Kier molecular flexibility index (Phi) is 5.04. The van der Waals surface area contributed by atoms with E-state index in [1.54, 1.807) is 12.4 Å². The molecule has 1 aliphatic carbocycles. The van der Waals surface area contributed by atoms with Crippen molar-refractivity contribution in [2.45, 2.75) is 70.9 Å². The predicted molar refractivity (Wildman–Crippen MR) is 110 cm³/mol. The fourth-order valence-corrected chi connectivity index (χ4v) is 4.19. The number of hydrogen-bond acceptors (Lipinski definition) is 5. The average molecular weight is 380 g/mol. The molecule has 1 N–H and O–H groups in total. The van der Waals surface area contributed by atoms with Crippen LogP contribution in [0.3, 0.4) is 0 Å². The van der Waals surface area contributed by atoms with Gasteiger partial charge >= 0.3 is 0 Å². The van der Waals surface area contributed by atoms with Crippen molar-refractivity contribution in [3.05, 3.63) is 35.8 Å². The van der Waals surface area contributed by atoms with Gasteiger partial charge in [0.05, 0.1) is 0 Å². The molecule has 2 aliphatic rings. The fraction of sp³-hybridized carbons (Fsp3) is 0.545. The van der Waals surface area contributed by atoms with E-state index in [0.717, 1.165) is 68.0 Å². The van der Waals surface area contributed by atoms with Crippen LogP contribution in [-0.4, -0.2) is 39.0 Å². The molecule has 1 saturated heterocycles. The first-order chi connectivity index (χ1) is 13.4. The maximum Gasteiger partial charge on any atom is 0.243 e. The highest BCUT2D eigenvalue weighted by molar-refractivity contribution is 5.86. The van der Waals surface area contributed by atoms with Gasteiger partial charge in [-0.05, 0) is 71.4 Å². The molecule has 148 valence electrons. The molecule has 4 rings (SSSR count). The summed E-state index contributed by atoms with van der Waals surface area (Å²) >= 11 is 0. The summed E-state index contributed by atoms with van der Waals surface area (Å²) in [5, 5.41) is 3.17. The minimum atomic E-state index is -0.240.